The summed E-state index contributed by atoms with van der Waals surface area (Å²) >= 11 is 6.28. The minimum absolute atomic E-state index is 0.00212. The van der Waals surface area contributed by atoms with Crippen LogP contribution in [-0.4, -0.2) is 42.4 Å². The predicted molar refractivity (Wildman–Crippen MR) is 105 cm³/mol. The Balaban J connectivity index is 1.95. The molecule has 29 heavy (non-hydrogen) atoms. The number of aldehydes is 1. The molecule has 1 fully saturated rings. The van der Waals surface area contributed by atoms with Crippen molar-refractivity contribution in [3.8, 4) is 0 Å². The van der Waals surface area contributed by atoms with Crippen molar-refractivity contribution < 1.29 is 22.0 Å². The number of fused-ring (bicyclic) bond motifs is 1. The van der Waals surface area contributed by atoms with Crippen molar-refractivity contribution in [2.24, 2.45) is 0 Å². The fourth-order valence-corrected chi connectivity index (χ4v) is 5.01. The number of aromatic nitrogens is 2. The van der Waals surface area contributed by atoms with Crippen LogP contribution >= 0.6 is 11.6 Å². The number of rotatable bonds is 4. The second kappa shape index (κ2) is 6.77. The molecule has 10 heteroatoms. The van der Waals surface area contributed by atoms with Crippen LogP contribution < -0.4 is 4.90 Å². The van der Waals surface area contributed by atoms with Gasteiger partial charge in [0.2, 0.25) is 0 Å². The minimum atomic E-state index is -4.12. The first-order valence-electron chi connectivity index (χ1n) is 8.73. The van der Waals surface area contributed by atoms with Crippen LogP contribution in [0.2, 0.25) is 5.02 Å². The van der Waals surface area contributed by atoms with Gasteiger partial charge in [-0.2, -0.15) is 12.5 Å². The first kappa shape index (κ1) is 19.8. The molecule has 0 spiro atoms. The number of aryl methyl sites for hydroxylation is 1. The number of nitrogens with zero attached hydrogens (tertiary/aromatic N) is 3. The Hall–Kier alpha value is -2.52. The van der Waals surface area contributed by atoms with Crippen molar-refractivity contribution in [2.75, 3.05) is 11.4 Å². The molecule has 0 unspecified atom stereocenters. The van der Waals surface area contributed by atoms with Crippen molar-refractivity contribution in [1.82, 2.24) is 9.19 Å². The van der Waals surface area contributed by atoms with Crippen LogP contribution in [0.3, 0.4) is 0 Å². The highest BCUT2D eigenvalue weighted by Crippen LogP contribution is 2.40. The molecule has 4 rings (SSSR count). The van der Waals surface area contributed by atoms with Crippen molar-refractivity contribution in [1.29, 1.82) is 0 Å². The van der Waals surface area contributed by atoms with Gasteiger partial charge in [0.1, 0.15) is 6.29 Å². The van der Waals surface area contributed by atoms with Crippen molar-refractivity contribution in [3.05, 3.63) is 53.1 Å². The highest BCUT2D eigenvalue weighted by atomic mass is 35.5. The van der Waals surface area contributed by atoms with Gasteiger partial charge in [0.15, 0.2) is 5.82 Å². The molecule has 6 nitrogen and oxygen atoms in total. The zero-order valence-electron chi connectivity index (χ0n) is 15.2. The number of hydrogen-bond donors (Lipinski definition) is 0. The lowest BCUT2D eigenvalue weighted by molar-refractivity contribution is -0.109. The van der Waals surface area contributed by atoms with Crippen LogP contribution in [0.15, 0.2) is 47.4 Å². The maximum Gasteiger partial charge on any atom is 0.283 e. The Labute approximate surface area is 170 Å². The maximum absolute atomic E-state index is 14.0. The molecule has 1 aromatic heterocycles. The molecular weight excluding hydrogens is 424 g/mol. The number of hydrogen-bond acceptors (Lipinski definition) is 5. The summed E-state index contributed by atoms with van der Waals surface area (Å²) in [6.07, 6.45) is -0.253. The summed E-state index contributed by atoms with van der Waals surface area (Å²) in [5, 5.41) is 4.50. The summed E-state index contributed by atoms with van der Waals surface area (Å²) in [4.78, 5) is 12.5. The van der Waals surface area contributed by atoms with Gasteiger partial charge < -0.3 is 9.69 Å². The van der Waals surface area contributed by atoms with Gasteiger partial charge in [-0.3, -0.25) is 0 Å². The zero-order valence-corrected chi connectivity index (χ0v) is 16.8. The van der Waals surface area contributed by atoms with Crippen LogP contribution in [0.25, 0.3) is 10.9 Å². The summed E-state index contributed by atoms with van der Waals surface area (Å²) in [5.41, 5.74) is 1.03. The summed E-state index contributed by atoms with van der Waals surface area (Å²) in [7, 11) is -4.12. The van der Waals surface area contributed by atoms with E-state index in [1.165, 1.54) is 24.3 Å². The van der Waals surface area contributed by atoms with Gasteiger partial charge in [0, 0.05) is 6.42 Å². The molecule has 1 aliphatic rings. The quantitative estimate of drug-likeness (QED) is 0.580. The summed E-state index contributed by atoms with van der Waals surface area (Å²) in [6.45, 7) is 1.07. The fraction of sp³-hybridized carbons (Fsp3) is 0.263. The van der Waals surface area contributed by atoms with Gasteiger partial charge in [0.05, 0.1) is 33.4 Å². The van der Waals surface area contributed by atoms with Crippen molar-refractivity contribution in [2.45, 2.75) is 30.2 Å². The molecule has 1 atom stereocenters. The number of carbonyl (C=O) groups excluding carboxylic acids is 1. The van der Waals surface area contributed by atoms with Crippen LogP contribution in [0, 0.1) is 6.92 Å². The molecule has 1 aliphatic heterocycles. The zero-order chi connectivity index (χ0) is 21.0. The van der Waals surface area contributed by atoms with Gasteiger partial charge in [0.25, 0.3) is 15.9 Å². The monoisotopic (exact) mass is 439 g/mol. The Morgan fingerprint density at radius 2 is 1.90 bits per heavy atom. The summed E-state index contributed by atoms with van der Waals surface area (Å²) in [6, 6.07) is 9.62. The molecule has 2 aromatic carbocycles. The van der Waals surface area contributed by atoms with E-state index in [2.05, 4.69) is 5.10 Å². The van der Waals surface area contributed by atoms with E-state index in [1.54, 1.807) is 18.2 Å². The van der Waals surface area contributed by atoms with E-state index in [0.717, 1.165) is 14.6 Å². The van der Waals surface area contributed by atoms with Crippen molar-refractivity contribution >= 4 is 44.6 Å². The molecule has 0 saturated carbocycles. The summed E-state index contributed by atoms with van der Waals surface area (Å²) in [5.74, 6) is -3.16. The van der Waals surface area contributed by atoms with E-state index in [9.17, 15) is 22.0 Å². The third kappa shape index (κ3) is 3.28. The molecule has 0 aliphatic carbocycles. The Kier molecular flexibility index (Phi) is 4.62. The highest BCUT2D eigenvalue weighted by molar-refractivity contribution is 7.90. The van der Waals surface area contributed by atoms with E-state index < -0.39 is 35.0 Å². The van der Waals surface area contributed by atoms with Gasteiger partial charge in [-0.25, -0.2) is 8.78 Å². The summed E-state index contributed by atoms with van der Waals surface area (Å²) < 4.78 is 55.1. The molecular formula is C19H16ClF2N3O3S. The van der Waals surface area contributed by atoms with Gasteiger partial charge >= 0.3 is 0 Å². The predicted octanol–water partition coefficient (Wildman–Crippen LogP) is 3.65. The topological polar surface area (TPSA) is 72.3 Å². The largest absolute Gasteiger partial charge is 0.339 e. The minimum Gasteiger partial charge on any atom is -0.339 e. The van der Waals surface area contributed by atoms with Gasteiger partial charge in [-0.15, -0.1) is 5.10 Å². The van der Waals surface area contributed by atoms with Gasteiger partial charge in [-0.05, 0) is 31.2 Å². The second-order valence-electron chi connectivity index (χ2n) is 7.01. The Bertz CT molecular complexity index is 1210. The third-order valence-electron chi connectivity index (χ3n) is 4.89. The number of halogens is 3. The average molecular weight is 440 g/mol. The molecule has 2 heterocycles. The Morgan fingerprint density at radius 3 is 2.55 bits per heavy atom. The van der Waals surface area contributed by atoms with E-state index in [0.29, 0.717) is 6.29 Å². The van der Waals surface area contributed by atoms with E-state index >= 15 is 0 Å². The smallest absolute Gasteiger partial charge is 0.283 e. The van der Waals surface area contributed by atoms with Crippen molar-refractivity contribution in [3.63, 3.8) is 0 Å². The number of benzene rings is 2. The van der Waals surface area contributed by atoms with Crippen LogP contribution in [0.1, 0.15) is 12.0 Å². The van der Waals surface area contributed by atoms with Crippen LogP contribution in [-0.2, 0) is 14.8 Å². The van der Waals surface area contributed by atoms with Crippen LogP contribution in [0.4, 0.5) is 14.6 Å². The standard InChI is InChI=1S/C19H16ClF2N3O3S/c1-12-5-7-14(8-6-12)29(27,28)25-16-4-2-3-15(20)17(16)18(23-25)24-11-19(21,22)9-13(24)10-26/h2-8,10,13H,9,11H2,1H3/t13-/m1/s1. The molecule has 152 valence electrons. The van der Waals surface area contributed by atoms with E-state index in [4.69, 9.17) is 11.6 Å². The first-order valence-corrected chi connectivity index (χ1v) is 10.6. The third-order valence-corrected chi connectivity index (χ3v) is 6.81. The first-order chi connectivity index (χ1) is 13.6. The lowest BCUT2D eigenvalue weighted by Gasteiger charge is -2.19. The fourth-order valence-electron chi connectivity index (χ4n) is 3.48. The van der Waals surface area contributed by atoms with E-state index in [-0.39, 0.29) is 26.6 Å². The Morgan fingerprint density at radius 1 is 1.21 bits per heavy atom. The molecule has 0 radical (unpaired) electrons. The molecule has 0 amide bonds. The normalized spacial score (nSPS) is 19.0. The SMILES string of the molecule is Cc1ccc(S(=O)(=O)n2nc(N3CC(F)(F)C[C@@H]3C=O)c3c(Cl)cccc32)cc1. The number of carbonyl (C=O) groups is 1. The average Bonchev–Trinajstić information content (AvgIpc) is 3.20. The maximum atomic E-state index is 14.0. The van der Waals surface area contributed by atoms with E-state index in [1.807, 2.05) is 6.92 Å². The lowest BCUT2D eigenvalue weighted by Crippen LogP contribution is -2.32. The highest BCUT2D eigenvalue weighted by Gasteiger charge is 2.46. The molecule has 3 aromatic rings. The molecule has 1 saturated heterocycles. The number of alkyl halides is 2. The molecule has 0 N–H and O–H groups in total. The van der Waals surface area contributed by atoms with Crippen LogP contribution in [0.5, 0.6) is 0 Å². The van der Waals surface area contributed by atoms with Gasteiger partial charge in [-0.1, -0.05) is 35.4 Å². The molecule has 0 bridgehead atoms. The lowest BCUT2D eigenvalue weighted by atomic mass is 10.2. The number of anilines is 1. The second-order valence-corrected chi connectivity index (χ2v) is 9.18.